The highest BCUT2D eigenvalue weighted by Gasteiger charge is 2.48. The number of para-hydroxylation sites is 4. The van der Waals surface area contributed by atoms with Crippen molar-refractivity contribution in [2.75, 3.05) is 18.1 Å². The number of hydrogen-bond donors (Lipinski definition) is 0. The molecule has 3 aliphatic heterocycles. The Hall–Kier alpha value is -1.93. The quantitative estimate of drug-likeness (QED) is 0.792. The van der Waals surface area contributed by atoms with Crippen LogP contribution in [0.15, 0.2) is 48.5 Å². The molecule has 0 aromatic heterocycles. The molecule has 2 aromatic rings. The van der Waals surface area contributed by atoms with Crippen molar-refractivity contribution >= 4 is 22.7 Å². The number of anilines is 2. The fourth-order valence-corrected chi connectivity index (χ4v) is 4.32. The zero-order valence-corrected chi connectivity index (χ0v) is 13.5. The van der Waals surface area contributed by atoms with Crippen LogP contribution < -0.4 is 9.64 Å². The molecule has 3 heterocycles. The molecule has 0 aliphatic carbocycles. The number of benzene rings is 2. The Morgan fingerprint density at radius 1 is 0.917 bits per heavy atom. The van der Waals surface area contributed by atoms with E-state index in [1.54, 1.807) is 0 Å². The van der Waals surface area contributed by atoms with Gasteiger partial charge in [0.15, 0.2) is 11.5 Å². The SMILES string of the molecule is O=S1O[C@@H]2COCC(N3c4ccccc4Oc4ccccc43)[C@@H]2O1. The molecule has 2 fully saturated rings. The maximum atomic E-state index is 11.7. The summed E-state index contributed by atoms with van der Waals surface area (Å²) in [6.07, 6.45) is -0.648. The van der Waals surface area contributed by atoms with Gasteiger partial charge in [0, 0.05) is 0 Å². The van der Waals surface area contributed by atoms with Gasteiger partial charge in [0.2, 0.25) is 0 Å². The summed E-state index contributed by atoms with van der Waals surface area (Å²) in [5.74, 6) is 1.55. The zero-order valence-electron chi connectivity index (χ0n) is 12.7. The predicted molar refractivity (Wildman–Crippen MR) is 87.6 cm³/mol. The predicted octanol–water partition coefficient (Wildman–Crippen LogP) is 2.69. The van der Waals surface area contributed by atoms with Crippen LogP contribution in [-0.2, 0) is 24.5 Å². The highest BCUT2D eigenvalue weighted by molar-refractivity contribution is 7.75. The average molecular weight is 345 g/mol. The molecule has 124 valence electrons. The van der Waals surface area contributed by atoms with E-state index in [2.05, 4.69) is 4.90 Å². The van der Waals surface area contributed by atoms with Gasteiger partial charge in [0.1, 0.15) is 12.2 Å². The second-order valence-corrected chi connectivity index (χ2v) is 6.71. The molecular weight excluding hydrogens is 330 g/mol. The Bertz CT molecular complexity index is 768. The average Bonchev–Trinajstić information content (AvgIpc) is 3.00. The molecule has 0 radical (unpaired) electrons. The van der Waals surface area contributed by atoms with Crippen LogP contribution in [0.1, 0.15) is 0 Å². The Labute approximate surface area is 141 Å². The van der Waals surface area contributed by atoms with E-state index in [9.17, 15) is 4.21 Å². The highest BCUT2D eigenvalue weighted by atomic mass is 32.2. The molecule has 5 rings (SSSR count). The first-order valence-corrected chi connectivity index (χ1v) is 8.80. The van der Waals surface area contributed by atoms with Crippen LogP contribution in [0, 0.1) is 0 Å². The van der Waals surface area contributed by atoms with Gasteiger partial charge in [-0.2, -0.15) is 4.21 Å². The fourth-order valence-electron chi connectivity index (χ4n) is 3.48. The van der Waals surface area contributed by atoms with Crippen molar-refractivity contribution in [3.63, 3.8) is 0 Å². The van der Waals surface area contributed by atoms with Crippen molar-refractivity contribution in [2.24, 2.45) is 0 Å². The summed E-state index contributed by atoms with van der Waals surface area (Å²) in [6.45, 7) is 0.852. The molecule has 3 aliphatic rings. The largest absolute Gasteiger partial charge is 0.453 e. The smallest absolute Gasteiger partial charge is 0.305 e. The van der Waals surface area contributed by atoms with Gasteiger partial charge in [-0.15, -0.1) is 0 Å². The summed E-state index contributed by atoms with van der Waals surface area (Å²) in [4.78, 5) is 2.15. The molecule has 2 aromatic carbocycles. The van der Waals surface area contributed by atoms with E-state index < -0.39 is 11.4 Å². The van der Waals surface area contributed by atoms with E-state index in [0.717, 1.165) is 22.9 Å². The van der Waals surface area contributed by atoms with Crippen molar-refractivity contribution in [3.05, 3.63) is 48.5 Å². The lowest BCUT2D eigenvalue weighted by molar-refractivity contribution is -0.0329. The van der Waals surface area contributed by atoms with Crippen molar-refractivity contribution in [1.29, 1.82) is 0 Å². The first kappa shape index (κ1) is 14.4. The van der Waals surface area contributed by atoms with Crippen LogP contribution in [-0.4, -0.2) is 35.7 Å². The number of hydrogen-bond acceptors (Lipinski definition) is 6. The monoisotopic (exact) mass is 345 g/mol. The van der Waals surface area contributed by atoms with Gasteiger partial charge >= 0.3 is 11.4 Å². The summed E-state index contributed by atoms with van der Waals surface area (Å²) >= 11 is -1.72. The van der Waals surface area contributed by atoms with Crippen LogP contribution >= 0.6 is 0 Å². The van der Waals surface area contributed by atoms with Gasteiger partial charge in [-0.05, 0) is 24.3 Å². The number of fused-ring (bicyclic) bond motifs is 3. The lowest BCUT2D eigenvalue weighted by Crippen LogP contribution is -2.54. The Kier molecular flexibility index (Phi) is 3.34. The third-order valence-electron chi connectivity index (χ3n) is 4.51. The van der Waals surface area contributed by atoms with E-state index >= 15 is 0 Å². The van der Waals surface area contributed by atoms with Crippen molar-refractivity contribution in [2.45, 2.75) is 18.2 Å². The molecule has 0 amide bonds. The minimum absolute atomic E-state index is 0.151. The second kappa shape index (κ2) is 5.56. The second-order valence-electron chi connectivity index (χ2n) is 5.91. The standard InChI is InChI=1S/C17H15NO5S/c19-24-22-16-10-20-9-13(17(16)23-24)18-11-5-1-3-7-14(11)21-15-8-4-2-6-12(15)18/h1-8,13,16-17H,9-10H2/t13?,16-,17+,24?/m1/s1. The number of nitrogens with zero attached hydrogens (tertiary/aromatic N) is 1. The van der Waals surface area contributed by atoms with Gasteiger partial charge in [-0.3, -0.25) is 8.37 Å². The summed E-state index contributed by atoms with van der Waals surface area (Å²) in [6, 6.07) is 15.5. The van der Waals surface area contributed by atoms with E-state index in [-0.39, 0.29) is 18.2 Å². The topological polar surface area (TPSA) is 57.2 Å². The number of ether oxygens (including phenoxy) is 2. The Morgan fingerprint density at radius 2 is 1.58 bits per heavy atom. The minimum atomic E-state index is -1.72. The van der Waals surface area contributed by atoms with Gasteiger partial charge < -0.3 is 14.4 Å². The maximum Gasteiger partial charge on any atom is 0.305 e. The minimum Gasteiger partial charge on any atom is -0.453 e. The van der Waals surface area contributed by atoms with Gasteiger partial charge in [-0.25, -0.2) is 0 Å². The summed E-state index contributed by atoms with van der Waals surface area (Å²) < 4.78 is 34.3. The summed E-state index contributed by atoms with van der Waals surface area (Å²) in [5.41, 5.74) is 1.87. The fraction of sp³-hybridized carbons (Fsp3) is 0.294. The molecule has 0 spiro atoms. The maximum absolute atomic E-state index is 11.7. The van der Waals surface area contributed by atoms with Crippen molar-refractivity contribution in [1.82, 2.24) is 0 Å². The lowest BCUT2D eigenvalue weighted by atomic mass is 9.99. The molecular formula is C17H15NO5S. The van der Waals surface area contributed by atoms with Gasteiger partial charge in [-0.1, -0.05) is 24.3 Å². The Balaban J connectivity index is 1.63. The molecule has 0 saturated carbocycles. The van der Waals surface area contributed by atoms with Gasteiger partial charge in [0.25, 0.3) is 0 Å². The molecule has 7 heteroatoms. The molecule has 24 heavy (non-hydrogen) atoms. The van der Waals surface area contributed by atoms with E-state index in [1.165, 1.54) is 0 Å². The molecule has 0 N–H and O–H groups in total. The molecule has 2 unspecified atom stereocenters. The van der Waals surface area contributed by atoms with Crippen LogP contribution in [0.25, 0.3) is 0 Å². The molecule has 4 atom stereocenters. The van der Waals surface area contributed by atoms with Crippen LogP contribution in [0.3, 0.4) is 0 Å². The summed E-state index contributed by atoms with van der Waals surface area (Å²) in [5, 5.41) is 0. The lowest BCUT2D eigenvalue weighted by Gasteiger charge is -2.42. The summed E-state index contributed by atoms with van der Waals surface area (Å²) in [7, 11) is 0. The Morgan fingerprint density at radius 3 is 2.29 bits per heavy atom. The highest BCUT2D eigenvalue weighted by Crippen LogP contribution is 2.48. The molecule has 6 nitrogen and oxygen atoms in total. The normalized spacial score (nSPS) is 30.9. The van der Waals surface area contributed by atoms with Crippen molar-refractivity contribution < 1.29 is 22.0 Å². The van der Waals surface area contributed by atoms with Crippen LogP contribution in [0.2, 0.25) is 0 Å². The van der Waals surface area contributed by atoms with E-state index in [1.807, 2.05) is 48.5 Å². The third-order valence-corrected chi connectivity index (χ3v) is 5.29. The zero-order chi connectivity index (χ0) is 16.1. The third kappa shape index (κ3) is 2.16. The molecule has 2 saturated heterocycles. The first-order valence-electron chi connectivity index (χ1n) is 7.80. The first-order chi connectivity index (χ1) is 11.8. The number of rotatable bonds is 1. The van der Waals surface area contributed by atoms with Gasteiger partial charge in [0.05, 0.1) is 30.6 Å². The van der Waals surface area contributed by atoms with E-state index in [0.29, 0.717) is 13.2 Å². The van der Waals surface area contributed by atoms with Crippen molar-refractivity contribution in [3.8, 4) is 11.5 Å². The van der Waals surface area contributed by atoms with E-state index in [4.69, 9.17) is 17.8 Å². The van der Waals surface area contributed by atoms with Crippen LogP contribution in [0.5, 0.6) is 11.5 Å². The van der Waals surface area contributed by atoms with Crippen LogP contribution in [0.4, 0.5) is 11.4 Å². The molecule has 0 bridgehead atoms.